The fraction of sp³-hybridized carbons (Fsp3) is 0.280. The van der Waals surface area contributed by atoms with Crippen LogP contribution in [0.3, 0.4) is 0 Å². The van der Waals surface area contributed by atoms with E-state index >= 15 is 0 Å². The summed E-state index contributed by atoms with van der Waals surface area (Å²) in [4.78, 5) is 16.8. The summed E-state index contributed by atoms with van der Waals surface area (Å²) in [5, 5.41) is 2.87. The second-order valence-corrected chi connectivity index (χ2v) is 10.4. The number of hydrogen-bond acceptors (Lipinski definition) is 4. The van der Waals surface area contributed by atoms with E-state index in [0.717, 1.165) is 16.8 Å². The Morgan fingerprint density at radius 1 is 0.938 bits per heavy atom. The summed E-state index contributed by atoms with van der Waals surface area (Å²) in [6.45, 7) is 6.88. The number of carbonyl (C=O) groups excluding carboxylic acids is 1. The van der Waals surface area contributed by atoms with Gasteiger partial charge in [0.05, 0.1) is 4.90 Å². The fourth-order valence-corrected chi connectivity index (χ4v) is 4.14. The second-order valence-electron chi connectivity index (χ2n) is 8.62. The van der Waals surface area contributed by atoms with Crippen molar-refractivity contribution in [1.29, 1.82) is 0 Å². The number of pyridine rings is 1. The van der Waals surface area contributed by atoms with Gasteiger partial charge in [-0.15, -0.1) is 0 Å². The molecule has 7 heteroatoms. The van der Waals surface area contributed by atoms with Crippen molar-refractivity contribution in [2.75, 3.05) is 6.54 Å². The van der Waals surface area contributed by atoms with Crippen LogP contribution in [0.4, 0.5) is 0 Å². The molecule has 2 aromatic carbocycles. The standard InChI is InChI=1S/C25H29N3O3S/c1-25(2,3)21-11-13-23(14-12-21)32(30,31)28-18-19-7-9-20(10-8-19)24(29)27-17-15-22-6-4-5-16-26-22/h4-14,16,28H,15,17-18H2,1-3H3,(H,27,29). The molecule has 168 valence electrons. The third-order valence-electron chi connectivity index (χ3n) is 5.11. The minimum atomic E-state index is -3.62. The third-order valence-corrected chi connectivity index (χ3v) is 6.52. The molecule has 0 fully saturated rings. The van der Waals surface area contributed by atoms with Crippen molar-refractivity contribution < 1.29 is 13.2 Å². The van der Waals surface area contributed by atoms with Gasteiger partial charge in [0.25, 0.3) is 5.91 Å². The number of carbonyl (C=O) groups is 1. The highest BCUT2D eigenvalue weighted by atomic mass is 32.2. The van der Waals surface area contributed by atoms with E-state index < -0.39 is 10.0 Å². The van der Waals surface area contributed by atoms with Crippen molar-refractivity contribution in [3.8, 4) is 0 Å². The quantitative estimate of drug-likeness (QED) is 0.545. The summed E-state index contributed by atoms with van der Waals surface area (Å²) in [6, 6.07) is 19.5. The van der Waals surface area contributed by atoms with Crippen molar-refractivity contribution in [3.05, 3.63) is 95.3 Å². The van der Waals surface area contributed by atoms with Gasteiger partial charge in [-0.3, -0.25) is 9.78 Å². The van der Waals surface area contributed by atoms with Gasteiger partial charge in [0.15, 0.2) is 0 Å². The molecule has 0 aliphatic rings. The van der Waals surface area contributed by atoms with Crippen LogP contribution in [-0.2, 0) is 28.4 Å². The van der Waals surface area contributed by atoms with E-state index in [4.69, 9.17) is 0 Å². The molecular weight excluding hydrogens is 422 g/mol. The first-order valence-electron chi connectivity index (χ1n) is 10.5. The van der Waals surface area contributed by atoms with Crippen LogP contribution < -0.4 is 10.0 Å². The molecule has 0 saturated heterocycles. The molecule has 6 nitrogen and oxygen atoms in total. The summed E-state index contributed by atoms with van der Waals surface area (Å²) in [5.74, 6) is -0.174. The minimum Gasteiger partial charge on any atom is -0.352 e. The lowest BCUT2D eigenvalue weighted by Gasteiger charge is -2.19. The molecule has 1 amide bonds. The predicted octanol–water partition coefficient (Wildman–Crippen LogP) is 3.83. The third kappa shape index (κ3) is 6.48. The van der Waals surface area contributed by atoms with Crippen molar-refractivity contribution >= 4 is 15.9 Å². The lowest BCUT2D eigenvalue weighted by molar-refractivity contribution is 0.0954. The summed E-state index contributed by atoms with van der Waals surface area (Å²) in [6.07, 6.45) is 2.38. The van der Waals surface area contributed by atoms with Gasteiger partial charge < -0.3 is 5.32 Å². The van der Waals surface area contributed by atoms with Gasteiger partial charge in [-0.05, 0) is 52.9 Å². The number of sulfonamides is 1. The Morgan fingerprint density at radius 2 is 1.62 bits per heavy atom. The number of nitrogens with zero attached hydrogens (tertiary/aromatic N) is 1. The van der Waals surface area contributed by atoms with Crippen LogP contribution in [0.1, 0.15) is 48.0 Å². The molecule has 0 aliphatic heterocycles. The molecule has 0 spiro atoms. The molecule has 32 heavy (non-hydrogen) atoms. The Labute approximate surface area is 190 Å². The topological polar surface area (TPSA) is 88.2 Å². The van der Waals surface area contributed by atoms with Crippen LogP contribution >= 0.6 is 0 Å². The van der Waals surface area contributed by atoms with Gasteiger partial charge >= 0.3 is 0 Å². The Morgan fingerprint density at radius 3 is 2.22 bits per heavy atom. The number of rotatable bonds is 8. The molecule has 3 rings (SSSR count). The highest BCUT2D eigenvalue weighted by molar-refractivity contribution is 7.89. The van der Waals surface area contributed by atoms with Crippen LogP contribution in [0, 0.1) is 0 Å². The zero-order chi connectivity index (χ0) is 23.2. The summed E-state index contributed by atoms with van der Waals surface area (Å²) in [7, 11) is -3.62. The first-order chi connectivity index (χ1) is 15.1. The van der Waals surface area contributed by atoms with Gasteiger partial charge in [0.2, 0.25) is 10.0 Å². The first-order valence-corrected chi connectivity index (χ1v) is 12.0. The van der Waals surface area contributed by atoms with Crippen LogP contribution in [-0.4, -0.2) is 25.9 Å². The minimum absolute atomic E-state index is 0.0395. The smallest absolute Gasteiger partial charge is 0.251 e. The van der Waals surface area contributed by atoms with E-state index in [1.54, 1.807) is 42.6 Å². The molecule has 1 aromatic heterocycles. The molecule has 1 heterocycles. The normalized spacial score (nSPS) is 11.8. The molecule has 0 aliphatic carbocycles. The number of hydrogen-bond donors (Lipinski definition) is 2. The van der Waals surface area contributed by atoms with Gasteiger partial charge in [-0.1, -0.05) is 51.1 Å². The zero-order valence-corrected chi connectivity index (χ0v) is 19.4. The summed E-state index contributed by atoms with van der Waals surface area (Å²) in [5.41, 5.74) is 3.25. The monoisotopic (exact) mass is 451 g/mol. The Kier molecular flexibility index (Phi) is 7.43. The maximum Gasteiger partial charge on any atom is 0.251 e. The second kappa shape index (κ2) is 10.1. The van der Waals surface area contributed by atoms with E-state index in [0.29, 0.717) is 18.5 Å². The SMILES string of the molecule is CC(C)(C)c1ccc(S(=O)(=O)NCc2ccc(C(=O)NCCc3ccccn3)cc2)cc1. The van der Waals surface area contributed by atoms with E-state index in [2.05, 4.69) is 35.8 Å². The van der Waals surface area contributed by atoms with Gasteiger partial charge in [-0.2, -0.15) is 0 Å². The van der Waals surface area contributed by atoms with Gasteiger partial charge in [0, 0.05) is 37.0 Å². The Hall–Kier alpha value is -3.03. The van der Waals surface area contributed by atoms with E-state index in [1.807, 2.05) is 30.3 Å². The van der Waals surface area contributed by atoms with Crippen molar-refractivity contribution in [1.82, 2.24) is 15.0 Å². The van der Waals surface area contributed by atoms with E-state index in [1.165, 1.54) is 0 Å². The molecule has 2 N–H and O–H groups in total. The predicted molar refractivity (Wildman–Crippen MR) is 126 cm³/mol. The van der Waals surface area contributed by atoms with E-state index in [9.17, 15) is 13.2 Å². The largest absolute Gasteiger partial charge is 0.352 e. The maximum absolute atomic E-state index is 12.6. The maximum atomic E-state index is 12.6. The molecular formula is C25H29N3O3S. The summed E-state index contributed by atoms with van der Waals surface area (Å²) < 4.78 is 27.8. The van der Waals surface area contributed by atoms with Crippen LogP contribution in [0.2, 0.25) is 0 Å². The van der Waals surface area contributed by atoms with Crippen molar-refractivity contribution in [2.45, 2.75) is 44.0 Å². The van der Waals surface area contributed by atoms with Crippen LogP contribution in [0.25, 0.3) is 0 Å². The molecule has 0 saturated carbocycles. The van der Waals surface area contributed by atoms with Crippen molar-refractivity contribution in [3.63, 3.8) is 0 Å². The average molecular weight is 452 g/mol. The molecule has 0 atom stereocenters. The van der Waals surface area contributed by atoms with Crippen LogP contribution in [0.5, 0.6) is 0 Å². The van der Waals surface area contributed by atoms with Crippen molar-refractivity contribution in [2.24, 2.45) is 0 Å². The Bertz CT molecular complexity index is 1140. The fourth-order valence-electron chi connectivity index (χ4n) is 3.12. The molecule has 0 radical (unpaired) electrons. The van der Waals surface area contributed by atoms with Gasteiger partial charge in [0.1, 0.15) is 0 Å². The molecule has 0 bridgehead atoms. The van der Waals surface area contributed by atoms with E-state index in [-0.39, 0.29) is 22.8 Å². The molecule has 0 unspecified atom stereocenters. The zero-order valence-electron chi connectivity index (χ0n) is 18.6. The number of nitrogens with one attached hydrogen (secondary N) is 2. The highest BCUT2D eigenvalue weighted by Gasteiger charge is 2.17. The number of aromatic nitrogens is 1. The lowest BCUT2D eigenvalue weighted by atomic mass is 9.87. The lowest BCUT2D eigenvalue weighted by Crippen LogP contribution is -2.26. The average Bonchev–Trinajstić information content (AvgIpc) is 2.78. The number of amides is 1. The molecule has 3 aromatic rings. The Balaban J connectivity index is 1.53. The highest BCUT2D eigenvalue weighted by Crippen LogP contribution is 2.23. The van der Waals surface area contributed by atoms with Gasteiger partial charge in [-0.25, -0.2) is 13.1 Å². The first kappa shape index (κ1) is 23.6. The number of benzene rings is 2. The van der Waals surface area contributed by atoms with Crippen LogP contribution in [0.15, 0.2) is 77.8 Å². The summed E-state index contributed by atoms with van der Waals surface area (Å²) >= 11 is 0.